The van der Waals surface area contributed by atoms with E-state index >= 15 is 0 Å². The molecule has 1 aliphatic rings. The Balaban J connectivity index is 2.02. The van der Waals surface area contributed by atoms with E-state index in [0.29, 0.717) is 25.2 Å². The van der Waals surface area contributed by atoms with Crippen LogP contribution in [-0.2, 0) is 4.74 Å². The standard InChI is InChI=1S/C13H17BrFNO2/c1-8-6-18-7-10(16-8)5-13(17)11-4-9(14)2-3-12(11)15/h2-4,8,10,13,16-17H,5-7H2,1H3. The molecule has 0 amide bonds. The molecule has 1 aromatic carbocycles. The van der Waals surface area contributed by atoms with E-state index in [0.717, 1.165) is 4.47 Å². The van der Waals surface area contributed by atoms with Gasteiger partial charge in [0.1, 0.15) is 5.82 Å². The smallest absolute Gasteiger partial charge is 0.129 e. The van der Waals surface area contributed by atoms with Crippen molar-refractivity contribution in [2.75, 3.05) is 13.2 Å². The first kappa shape index (κ1) is 13.9. The Kier molecular flexibility index (Phi) is 4.72. The molecule has 1 saturated heterocycles. The van der Waals surface area contributed by atoms with Crippen LogP contribution < -0.4 is 5.32 Å². The normalized spacial score (nSPS) is 26.0. The van der Waals surface area contributed by atoms with E-state index < -0.39 is 6.10 Å². The van der Waals surface area contributed by atoms with Crippen molar-refractivity contribution in [3.05, 3.63) is 34.1 Å². The van der Waals surface area contributed by atoms with Crippen LogP contribution in [0.5, 0.6) is 0 Å². The molecular weight excluding hydrogens is 301 g/mol. The fraction of sp³-hybridized carbons (Fsp3) is 0.538. The Morgan fingerprint density at radius 3 is 3.06 bits per heavy atom. The second-order valence-corrected chi connectivity index (χ2v) is 5.64. The van der Waals surface area contributed by atoms with Gasteiger partial charge in [-0.2, -0.15) is 0 Å². The average Bonchev–Trinajstić information content (AvgIpc) is 2.32. The highest BCUT2D eigenvalue weighted by molar-refractivity contribution is 9.10. The summed E-state index contributed by atoms with van der Waals surface area (Å²) in [5.74, 6) is -0.379. The molecule has 1 fully saturated rings. The zero-order valence-corrected chi connectivity index (χ0v) is 11.8. The molecular formula is C13H17BrFNO2. The van der Waals surface area contributed by atoms with Crippen LogP contribution in [0.4, 0.5) is 4.39 Å². The summed E-state index contributed by atoms with van der Waals surface area (Å²) >= 11 is 3.28. The number of halogens is 2. The molecule has 1 heterocycles. The third-order valence-corrected chi connectivity index (χ3v) is 3.53. The van der Waals surface area contributed by atoms with Gasteiger partial charge in [-0.15, -0.1) is 0 Å². The lowest BCUT2D eigenvalue weighted by Gasteiger charge is -2.30. The maximum atomic E-state index is 13.6. The van der Waals surface area contributed by atoms with E-state index in [1.165, 1.54) is 6.07 Å². The number of morpholine rings is 1. The molecule has 0 spiro atoms. The van der Waals surface area contributed by atoms with Crippen molar-refractivity contribution in [2.24, 2.45) is 0 Å². The van der Waals surface area contributed by atoms with Crippen LogP contribution in [0.25, 0.3) is 0 Å². The number of aliphatic hydroxyl groups is 1. The second-order valence-electron chi connectivity index (χ2n) is 4.72. The van der Waals surface area contributed by atoms with E-state index in [-0.39, 0.29) is 17.9 Å². The summed E-state index contributed by atoms with van der Waals surface area (Å²) in [5.41, 5.74) is 0.324. The predicted molar refractivity (Wildman–Crippen MR) is 70.9 cm³/mol. The first-order valence-electron chi connectivity index (χ1n) is 6.03. The first-order valence-corrected chi connectivity index (χ1v) is 6.82. The number of rotatable bonds is 3. The Bertz CT molecular complexity index is 416. The number of aliphatic hydroxyl groups excluding tert-OH is 1. The molecule has 2 rings (SSSR count). The third-order valence-electron chi connectivity index (χ3n) is 3.03. The second kappa shape index (κ2) is 6.10. The maximum absolute atomic E-state index is 13.6. The van der Waals surface area contributed by atoms with Gasteiger partial charge >= 0.3 is 0 Å². The molecule has 3 unspecified atom stereocenters. The number of ether oxygens (including phenoxy) is 1. The Labute approximate surface area is 114 Å². The summed E-state index contributed by atoms with van der Waals surface area (Å²) in [6.07, 6.45) is -0.383. The SMILES string of the molecule is CC1COCC(CC(O)c2cc(Br)ccc2F)N1. The first-order chi connectivity index (χ1) is 8.56. The minimum atomic E-state index is -0.825. The van der Waals surface area contributed by atoms with E-state index in [2.05, 4.69) is 21.2 Å². The molecule has 1 aliphatic heterocycles. The van der Waals surface area contributed by atoms with Gasteiger partial charge < -0.3 is 15.2 Å². The molecule has 3 nitrogen and oxygen atoms in total. The minimum Gasteiger partial charge on any atom is -0.388 e. The largest absolute Gasteiger partial charge is 0.388 e. The number of nitrogens with one attached hydrogen (secondary N) is 1. The van der Waals surface area contributed by atoms with Gasteiger partial charge in [0.05, 0.1) is 19.3 Å². The van der Waals surface area contributed by atoms with Crippen molar-refractivity contribution < 1.29 is 14.2 Å². The van der Waals surface area contributed by atoms with Crippen molar-refractivity contribution in [3.8, 4) is 0 Å². The lowest BCUT2D eigenvalue weighted by Crippen LogP contribution is -2.47. The Morgan fingerprint density at radius 2 is 2.33 bits per heavy atom. The van der Waals surface area contributed by atoms with Crippen LogP contribution in [0.2, 0.25) is 0 Å². The molecule has 0 bridgehead atoms. The van der Waals surface area contributed by atoms with Crippen molar-refractivity contribution in [2.45, 2.75) is 31.5 Å². The molecule has 0 saturated carbocycles. The van der Waals surface area contributed by atoms with Gasteiger partial charge in [0.25, 0.3) is 0 Å². The summed E-state index contributed by atoms with van der Waals surface area (Å²) in [5, 5.41) is 13.4. The van der Waals surface area contributed by atoms with E-state index in [4.69, 9.17) is 4.74 Å². The summed E-state index contributed by atoms with van der Waals surface area (Å²) in [7, 11) is 0. The van der Waals surface area contributed by atoms with Gasteiger partial charge in [-0.3, -0.25) is 0 Å². The molecule has 3 atom stereocenters. The Hall–Kier alpha value is -0.490. The quantitative estimate of drug-likeness (QED) is 0.899. The lowest BCUT2D eigenvalue weighted by molar-refractivity contribution is 0.0298. The van der Waals surface area contributed by atoms with Crippen LogP contribution >= 0.6 is 15.9 Å². The van der Waals surface area contributed by atoms with E-state index in [1.54, 1.807) is 12.1 Å². The number of benzene rings is 1. The molecule has 1 aromatic rings. The Morgan fingerprint density at radius 1 is 1.56 bits per heavy atom. The minimum absolute atomic E-state index is 0.0575. The van der Waals surface area contributed by atoms with Crippen LogP contribution in [-0.4, -0.2) is 30.4 Å². The van der Waals surface area contributed by atoms with Gasteiger partial charge in [-0.05, 0) is 31.5 Å². The highest BCUT2D eigenvalue weighted by Crippen LogP contribution is 2.25. The maximum Gasteiger partial charge on any atom is 0.129 e. The van der Waals surface area contributed by atoms with E-state index in [1.807, 2.05) is 6.92 Å². The van der Waals surface area contributed by atoms with Gasteiger partial charge in [-0.1, -0.05) is 15.9 Å². The van der Waals surface area contributed by atoms with Gasteiger partial charge in [0, 0.05) is 22.1 Å². The number of hydrogen-bond donors (Lipinski definition) is 2. The zero-order chi connectivity index (χ0) is 13.1. The molecule has 2 N–H and O–H groups in total. The van der Waals surface area contributed by atoms with Crippen molar-refractivity contribution in [1.29, 1.82) is 0 Å². The van der Waals surface area contributed by atoms with Crippen LogP contribution in [0.15, 0.2) is 22.7 Å². The molecule has 0 aromatic heterocycles. The van der Waals surface area contributed by atoms with Crippen molar-refractivity contribution >= 4 is 15.9 Å². The van der Waals surface area contributed by atoms with Gasteiger partial charge in [-0.25, -0.2) is 4.39 Å². The fourth-order valence-corrected chi connectivity index (χ4v) is 2.57. The molecule has 100 valence electrons. The molecule has 0 aliphatic carbocycles. The van der Waals surface area contributed by atoms with E-state index in [9.17, 15) is 9.50 Å². The third kappa shape index (κ3) is 3.51. The fourth-order valence-electron chi connectivity index (χ4n) is 2.19. The van der Waals surface area contributed by atoms with Gasteiger partial charge in [0.2, 0.25) is 0 Å². The van der Waals surface area contributed by atoms with Gasteiger partial charge in [0.15, 0.2) is 0 Å². The van der Waals surface area contributed by atoms with Crippen LogP contribution in [0.3, 0.4) is 0 Å². The topological polar surface area (TPSA) is 41.5 Å². The van der Waals surface area contributed by atoms with Crippen LogP contribution in [0.1, 0.15) is 25.0 Å². The lowest BCUT2D eigenvalue weighted by atomic mass is 10.0. The predicted octanol–water partition coefficient (Wildman–Crippen LogP) is 2.39. The monoisotopic (exact) mass is 317 g/mol. The highest BCUT2D eigenvalue weighted by atomic mass is 79.9. The zero-order valence-electron chi connectivity index (χ0n) is 10.2. The summed E-state index contributed by atoms with van der Waals surface area (Å²) in [6.45, 7) is 3.26. The molecule has 0 radical (unpaired) electrons. The average molecular weight is 318 g/mol. The molecule has 18 heavy (non-hydrogen) atoms. The van der Waals surface area contributed by atoms with Crippen LogP contribution in [0, 0.1) is 5.82 Å². The number of hydrogen-bond acceptors (Lipinski definition) is 3. The summed E-state index contributed by atoms with van der Waals surface area (Å²) < 4.78 is 19.8. The van der Waals surface area contributed by atoms with Crippen molar-refractivity contribution in [3.63, 3.8) is 0 Å². The highest BCUT2D eigenvalue weighted by Gasteiger charge is 2.23. The van der Waals surface area contributed by atoms with Crippen molar-refractivity contribution in [1.82, 2.24) is 5.32 Å². The summed E-state index contributed by atoms with van der Waals surface area (Å²) in [6, 6.07) is 4.92. The summed E-state index contributed by atoms with van der Waals surface area (Å²) in [4.78, 5) is 0. The molecule has 5 heteroatoms.